The first-order chi connectivity index (χ1) is 10.1. The number of rotatable bonds is 7. The molecule has 0 aromatic heterocycles. The van der Waals surface area contributed by atoms with Gasteiger partial charge in [0.2, 0.25) is 5.91 Å². The van der Waals surface area contributed by atoms with E-state index >= 15 is 0 Å². The van der Waals surface area contributed by atoms with Gasteiger partial charge in [-0.15, -0.1) is 0 Å². The molecule has 2 fully saturated rings. The molecule has 0 heterocycles. The van der Waals surface area contributed by atoms with E-state index in [-0.39, 0.29) is 5.92 Å². The average molecular weight is 286 g/mol. The maximum Gasteiger partial charge on any atom is 0.223 e. The van der Waals surface area contributed by atoms with E-state index in [0.29, 0.717) is 12.3 Å². The van der Waals surface area contributed by atoms with Crippen molar-refractivity contribution in [3.05, 3.63) is 29.8 Å². The van der Waals surface area contributed by atoms with Crippen LogP contribution in [-0.2, 0) is 4.79 Å². The Morgan fingerprint density at radius 2 is 1.67 bits per heavy atom. The number of anilines is 1. The van der Waals surface area contributed by atoms with Crippen LogP contribution in [0.15, 0.2) is 24.3 Å². The minimum Gasteiger partial charge on any atom is -0.399 e. The summed E-state index contributed by atoms with van der Waals surface area (Å²) < 4.78 is 0. The molecule has 1 unspecified atom stereocenters. The Balaban J connectivity index is 1.57. The zero-order valence-corrected chi connectivity index (χ0v) is 12.9. The molecule has 1 aromatic rings. The van der Waals surface area contributed by atoms with Crippen LogP contribution >= 0.6 is 0 Å². The van der Waals surface area contributed by atoms with Crippen molar-refractivity contribution in [1.29, 1.82) is 0 Å². The summed E-state index contributed by atoms with van der Waals surface area (Å²) in [5, 5.41) is 0. The Morgan fingerprint density at radius 1 is 1.14 bits per heavy atom. The first-order valence-electron chi connectivity index (χ1n) is 8.25. The van der Waals surface area contributed by atoms with E-state index in [1.807, 2.05) is 24.3 Å². The van der Waals surface area contributed by atoms with Gasteiger partial charge < -0.3 is 10.6 Å². The lowest BCUT2D eigenvalue weighted by Gasteiger charge is -2.24. The molecule has 3 nitrogen and oxygen atoms in total. The van der Waals surface area contributed by atoms with Gasteiger partial charge in [0.05, 0.1) is 0 Å². The van der Waals surface area contributed by atoms with Gasteiger partial charge in [-0.2, -0.15) is 0 Å². The lowest BCUT2D eigenvalue weighted by Crippen LogP contribution is -2.35. The molecule has 2 aliphatic carbocycles. The second-order valence-electron chi connectivity index (χ2n) is 6.96. The Hall–Kier alpha value is -1.51. The predicted octanol–water partition coefficient (Wildman–Crippen LogP) is 3.41. The summed E-state index contributed by atoms with van der Waals surface area (Å²) in [6, 6.07) is 7.92. The standard InChI is InChI=1S/C18H26N2O/c1-13(16-6-8-17(19)9-7-16)10-18(21)20(11-14-2-3-14)12-15-4-5-15/h6-9,13-15H,2-5,10-12,19H2,1H3. The van der Waals surface area contributed by atoms with Crippen LogP contribution in [0.25, 0.3) is 0 Å². The number of hydrogen-bond donors (Lipinski definition) is 1. The summed E-state index contributed by atoms with van der Waals surface area (Å²) >= 11 is 0. The zero-order valence-electron chi connectivity index (χ0n) is 12.9. The van der Waals surface area contributed by atoms with Crippen molar-refractivity contribution >= 4 is 11.6 Å². The Kier molecular flexibility index (Phi) is 4.18. The summed E-state index contributed by atoms with van der Waals surface area (Å²) in [6.07, 6.45) is 5.84. The zero-order chi connectivity index (χ0) is 14.8. The molecule has 3 rings (SSSR count). The highest BCUT2D eigenvalue weighted by molar-refractivity contribution is 5.77. The molecule has 0 aliphatic heterocycles. The molecule has 2 aliphatic rings. The van der Waals surface area contributed by atoms with Gasteiger partial charge in [-0.05, 0) is 61.1 Å². The Labute approximate surface area is 127 Å². The van der Waals surface area contributed by atoms with Crippen molar-refractivity contribution in [3.63, 3.8) is 0 Å². The number of benzene rings is 1. The van der Waals surface area contributed by atoms with Gasteiger partial charge in [0.1, 0.15) is 0 Å². The van der Waals surface area contributed by atoms with Crippen molar-refractivity contribution in [1.82, 2.24) is 4.90 Å². The largest absolute Gasteiger partial charge is 0.399 e. The molecule has 114 valence electrons. The number of nitrogens with zero attached hydrogens (tertiary/aromatic N) is 1. The molecular weight excluding hydrogens is 260 g/mol. The maximum absolute atomic E-state index is 12.6. The Bertz CT molecular complexity index is 474. The summed E-state index contributed by atoms with van der Waals surface area (Å²) in [5.74, 6) is 2.15. The first-order valence-corrected chi connectivity index (χ1v) is 8.25. The fraction of sp³-hybridized carbons (Fsp3) is 0.611. The molecule has 0 saturated heterocycles. The third kappa shape index (κ3) is 4.23. The fourth-order valence-electron chi connectivity index (χ4n) is 2.84. The third-order valence-corrected chi connectivity index (χ3v) is 4.69. The van der Waals surface area contributed by atoms with Gasteiger partial charge in [0.25, 0.3) is 0 Å². The minimum atomic E-state index is 0.263. The third-order valence-electron chi connectivity index (χ3n) is 4.69. The summed E-state index contributed by atoms with van der Waals surface area (Å²) in [7, 11) is 0. The molecule has 0 bridgehead atoms. The quantitative estimate of drug-likeness (QED) is 0.781. The van der Waals surface area contributed by atoms with Gasteiger partial charge in [0.15, 0.2) is 0 Å². The highest BCUT2D eigenvalue weighted by Crippen LogP contribution is 2.34. The molecule has 2 N–H and O–H groups in total. The van der Waals surface area contributed by atoms with E-state index in [4.69, 9.17) is 5.73 Å². The normalized spacial score (nSPS) is 19.3. The topological polar surface area (TPSA) is 46.3 Å². The van der Waals surface area contributed by atoms with E-state index in [1.165, 1.54) is 31.2 Å². The second kappa shape index (κ2) is 6.08. The number of carbonyl (C=O) groups excluding carboxylic acids is 1. The highest BCUT2D eigenvalue weighted by atomic mass is 16.2. The number of nitrogens with two attached hydrogens (primary N) is 1. The van der Waals surface area contributed by atoms with Gasteiger partial charge >= 0.3 is 0 Å². The van der Waals surface area contributed by atoms with E-state index in [2.05, 4.69) is 11.8 Å². The van der Waals surface area contributed by atoms with Crippen LogP contribution in [0.1, 0.15) is 50.5 Å². The van der Waals surface area contributed by atoms with Gasteiger partial charge in [-0.25, -0.2) is 0 Å². The molecule has 21 heavy (non-hydrogen) atoms. The van der Waals surface area contributed by atoms with E-state index in [0.717, 1.165) is 30.6 Å². The van der Waals surface area contributed by atoms with Gasteiger partial charge in [-0.3, -0.25) is 4.79 Å². The van der Waals surface area contributed by atoms with Crippen molar-refractivity contribution in [2.45, 2.75) is 44.9 Å². The van der Waals surface area contributed by atoms with Gasteiger partial charge in [-0.1, -0.05) is 19.1 Å². The van der Waals surface area contributed by atoms with E-state index < -0.39 is 0 Å². The number of carbonyl (C=O) groups is 1. The minimum absolute atomic E-state index is 0.263. The molecule has 2 saturated carbocycles. The lowest BCUT2D eigenvalue weighted by molar-refractivity contribution is -0.132. The predicted molar refractivity (Wildman–Crippen MR) is 85.9 cm³/mol. The molecule has 1 amide bonds. The molecule has 1 atom stereocenters. The van der Waals surface area contributed by atoms with Crippen LogP contribution in [-0.4, -0.2) is 23.9 Å². The molecular formula is C18H26N2O. The molecule has 0 radical (unpaired) electrons. The van der Waals surface area contributed by atoms with Crippen LogP contribution in [0.2, 0.25) is 0 Å². The lowest BCUT2D eigenvalue weighted by atomic mass is 9.97. The van der Waals surface area contributed by atoms with E-state index in [9.17, 15) is 4.79 Å². The smallest absolute Gasteiger partial charge is 0.223 e. The molecule has 1 aromatic carbocycles. The SMILES string of the molecule is CC(CC(=O)N(CC1CC1)CC1CC1)c1ccc(N)cc1. The summed E-state index contributed by atoms with van der Waals surface area (Å²) in [6.45, 7) is 4.11. The van der Waals surface area contributed by atoms with Crippen LogP contribution in [0.3, 0.4) is 0 Å². The second-order valence-corrected chi connectivity index (χ2v) is 6.96. The van der Waals surface area contributed by atoms with Crippen LogP contribution in [0.5, 0.6) is 0 Å². The van der Waals surface area contributed by atoms with Crippen LogP contribution < -0.4 is 5.73 Å². The van der Waals surface area contributed by atoms with Crippen molar-refractivity contribution < 1.29 is 4.79 Å². The molecule has 0 spiro atoms. The highest BCUT2D eigenvalue weighted by Gasteiger charge is 2.31. The van der Waals surface area contributed by atoms with Crippen molar-refractivity contribution in [3.8, 4) is 0 Å². The summed E-state index contributed by atoms with van der Waals surface area (Å²) in [4.78, 5) is 14.8. The fourth-order valence-corrected chi connectivity index (χ4v) is 2.84. The monoisotopic (exact) mass is 286 g/mol. The Morgan fingerprint density at radius 3 is 2.14 bits per heavy atom. The van der Waals surface area contributed by atoms with Crippen molar-refractivity contribution in [2.75, 3.05) is 18.8 Å². The number of amides is 1. The van der Waals surface area contributed by atoms with Crippen LogP contribution in [0, 0.1) is 11.8 Å². The van der Waals surface area contributed by atoms with Crippen LogP contribution in [0.4, 0.5) is 5.69 Å². The van der Waals surface area contributed by atoms with E-state index in [1.54, 1.807) is 0 Å². The number of hydrogen-bond acceptors (Lipinski definition) is 2. The average Bonchev–Trinajstić information content (AvgIpc) is 3.34. The van der Waals surface area contributed by atoms with Crippen molar-refractivity contribution in [2.24, 2.45) is 11.8 Å². The molecule has 3 heteroatoms. The maximum atomic E-state index is 12.6. The van der Waals surface area contributed by atoms with Gasteiger partial charge in [0, 0.05) is 25.2 Å². The number of nitrogen functional groups attached to an aromatic ring is 1. The first kappa shape index (κ1) is 14.4. The summed E-state index contributed by atoms with van der Waals surface area (Å²) in [5.41, 5.74) is 7.71.